The number of ether oxygens (including phenoxy) is 1. The predicted molar refractivity (Wildman–Crippen MR) is 58.7 cm³/mol. The van der Waals surface area contributed by atoms with E-state index < -0.39 is 0 Å². The Morgan fingerprint density at radius 1 is 1.60 bits per heavy atom. The van der Waals surface area contributed by atoms with Crippen LogP contribution >= 0.6 is 0 Å². The summed E-state index contributed by atoms with van der Waals surface area (Å²) < 4.78 is 5.01. The first kappa shape index (κ1) is 10.4. The summed E-state index contributed by atoms with van der Waals surface area (Å²) in [6.07, 6.45) is 2.96. The summed E-state index contributed by atoms with van der Waals surface area (Å²) in [5.41, 5.74) is 7.06. The Hall–Kier alpha value is -1.13. The fourth-order valence-electron chi connectivity index (χ4n) is 1.89. The molecule has 2 N–H and O–H groups in total. The highest BCUT2D eigenvalue weighted by Gasteiger charge is 2.18. The van der Waals surface area contributed by atoms with Gasteiger partial charge in [-0.15, -0.1) is 0 Å². The zero-order valence-electron chi connectivity index (χ0n) is 9.02. The molecule has 0 aromatic carbocycles. The van der Waals surface area contributed by atoms with Gasteiger partial charge in [-0.25, -0.2) is 4.98 Å². The van der Waals surface area contributed by atoms with Crippen LogP contribution in [0.2, 0.25) is 0 Å². The van der Waals surface area contributed by atoms with Gasteiger partial charge in [-0.1, -0.05) is 6.07 Å². The molecule has 2 rings (SSSR count). The number of likely N-dealkylation sites (tertiary alicyclic amines) is 1. The molecule has 1 aromatic rings. The lowest BCUT2D eigenvalue weighted by Crippen LogP contribution is -2.26. The molecule has 1 aliphatic heterocycles. The van der Waals surface area contributed by atoms with Crippen LogP contribution in [-0.4, -0.2) is 36.1 Å². The first-order valence-electron chi connectivity index (χ1n) is 5.25. The minimum Gasteiger partial charge on any atom is -0.481 e. The molecule has 1 fully saturated rings. The second-order valence-corrected chi connectivity index (χ2v) is 3.99. The fourth-order valence-corrected chi connectivity index (χ4v) is 1.89. The van der Waals surface area contributed by atoms with Gasteiger partial charge in [0.15, 0.2) is 0 Å². The molecule has 1 aliphatic rings. The van der Waals surface area contributed by atoms with Gasteiger partial charge < -0.3 is 10.5 Å². The monoisotopic (exact) mass is 207 g/mol. The van der Waals surface area contributed by atoms with E-state index >= 15 is 0 Å². The van der Waals surface area contributed by atoms with Crippen molar-refractivity contribution >= 4 is 0 Å². The van der Waals surface area contributed by atoms with Crippen LogP contribution in [0.1, 0.15) is 12.0 Å². The maximum absolute atomic E-state index is 5.85. The topological polar surface area (TPSA) is 51.4 Å². The van der Waals surface area contributed by atoms with Crippen LogP contribution in [-0.2, 0) is 6.54 Å². The quantitative estimate of drug-likeness (QED) is 0.789. The van der Waals surface area contributed by atoms with E-state index in [1.807, 2.05) is 12.3 Å². The summed E-state index contributed by atoms with van der Waals surface area (Å²) in [7, 11) is 1.63. The first-order valence-corrected chi connectivity index (χ1v) is 5.25. The summed E-state index contributed by atoms with van der Waals surface area (Å²) in [6, 6.07) is 4.29. The number of rotatable bonds is 3. The van der Waals surface area contributed by atoms with Crippen molar-refractivity contribution in [2.45, 2.75) is 19.0 Å². The lowest BCUT2D eigenvalue weighted by Gasteiger charge is -2.14. The predicted octanol–water partition coefficient (Wildman–Crippen LogP) is 0.623. The van der Waals surface area contributed by atoms with E-state index in [-0.39, 0.29) is 0 Å². The molecule has 0 spiro atoms. The molecule has 0 bridgehead atoms. The number of hydrogen-bond donors (Lipinski definition) is 1. The molecule has 0 radical (unpaired) electrons. The zero-order chi connectivity index (χ0) is 10.7. The maximum atomic E-state index is 5.85. The number of hydrogen-bond acceptors (Lipinski definition) is 4. The van der Waals surface area contributed by atoms with Crippen LogP contribution in [0.15, 0.2) is 18.3 Å². The van der Waals surface area contributed by atoms with Gasteiger partial charge in [0.25, 0.3) is 0 Å². The largest absolute Gasteiger partial charge is 0.481 e. The number of aromatic nitrogens is 1. The van der Waals surface area contributed by atoms with Crippen molar-refractivity contribution in [3.05, 3.63) is 23.9 Å². The van der Waals surface area contributed by atoms with Gasteiger partial charge in [0.2, 0.25) is 5.88 Å². The highest BCUT2D eigenvalue weighted by molar-refractivity contribution is 5.17. The summed E-state index contributed by atoms with van der Waals surface area (Å²) in [6.45, 7) is 3.02. The summed E-state index contributed by atoms with van der Waals surface area (Å²) in [5, 5.41) is 0. The Morgan fingerprint density at radius 3 is 3.00 bits per heavy atom. The van der Waals surface area contributed by atoms with Crippen molar-refractivity contribution in [1.82, 2.24) is 9.88 Å². The van der Waals surface area contributed by atoms with Gasteiger partial charge in [0, 0.05) is 37.9 Å². The molecular weight excluding hydrogens is 190 g/mol. The van der Waals surface area contributed by atoms with Crippen LogP contribution in [0.5, 0.6) is 5.88 Å². The number of nitrogens with two attached hydrogens (primary N) is 1. The number of nitrogens with zero attached hydrogens (tertiary/aromatic N) is 2. The van der Waals surface area contributed by atoms with Crippen LogP contribution < -0.4 is 10.5 Å². The van der Waals surface area contributed by atoms with Crippen molar-refractivity contribution in [2.75, 3.05) is 20.2 Å². The summed E-state index contributed by atoms with van der Waals surface area (Å²) >= 11 is 0. The van der Waals surface area contributed by atoms with E-state index in [4.69, 9.17) is 10.5 Å². The Balaban J connectivity index is 1.93. The van der Waals surface area contributed by atoms with Crippen molar-refractivity contribution in [1.29, 1.82) is 0 Å². The highest BCUT2D eigenvalue weighted by atomic mass is 16.5. The van der Waals surface area contributed by atoms with Crippen molar-refractivity contribution in [2.24, 2.45) is 5.73 Å². The molecule has 2 heterocycles. The van der Waals surface area contributed by atoms with Gasteiger partial charge in [0.1, 0.15) is 0 Å². The Bertz CT molecular complexity index is 312. The molecule has 82 valence electrons. The average Bonchev–Trinajstić information content (AvgIpc) is 2.65. The molecule has 0 unspecified atom stereocenters. The second-order valence-electron chi connectivity index (χ2n) is 3.99. The second kappa shape index (κ2) is 4.59. The minimum atomic E-state index is 0.344. The fraction of sp³-hybridized carbons (Fsp3) is 0.545. The van der Waals surface area contributed by atoms with Gasteiger partial charge in [-0.2, -0.15) is 0 Å². The average molecular weight is 207 g/mol. The molecule has 4 heteroatoms. The van der Waals surface area contributed by atoms with Crippen molar-refractivity contribution in [3.63, 3.8) is 0 Å². The van der Waals surface area contributed by atoms with Crippen LogP contribution in [0.4, 0.5) is 0 Å². The molecule has 0 amide bonds. The molecule has 0 saturated carbocycles. The summed E-state index contributed by atoms with van der Waals surface area (Å²) in [5.74, 6) is 0.664. The Kier molecular flexibility index (Phi) is 3.18. The van der Waals surface area contributed by atoms with Gasteiger partial charge in [0.05, 0.1) is 7.11 Å². The molecule has 1 atom stereocenters. The Labute approximate surface area is 90.0 Å². The SMILES string of the molecule is COc1ccc(CN2CC[C@@H](N)C2)cn1. The lowest BCUT2D eigenvalue weighted by molar-refractivity contribution is 0.326. The third-order valence-electron chi connectivity index (χ3n) is 2.72. The standard InChI is InChI=1S/C11H17N3O/c1-15-11-3-2-9(6-13-11)7-14-5-4-10(12)8-14/h2-3,6,10H,4-5,7-8,12H2,1H3/t10-/m1/s1. The van der Waals surface area contributed by atoms with E-state index in [1.54, 1.807) is 7.11 Å². The molecule has 4 nitrogen and oxygen atoms in total. The summed E-state index contributed by atoms with van der Waals surface area (Å²) in [4.78, 5) is 6.53. The van der Waals surface area contributed by atoms with E-state index in [1.165, 1.54) is 5.56 Å². The Morgan fingerprint density at radius 2 is 2.47 bits per heavy atom. The number of methoxy groups -OCH3 is 1. The van der Waals surface area contributed by atoms with Gasteiger partial charge in [-0.3, -0.25) is 4.90 Å². The molecule has 1 saturated heterocycles. The third-order valence-corrected chi connectivity index (χ3v) is 2.72. The molecule has 15 heavy (non-hydrogen) atoms. The van der Waals surface area contributed by atoms with Crippen LogP contribution in [0.25, 0.3) is 0 Å². The van der Waals surface area contributed by atoms with Crippen LogP contribution in [0.3, 0.4) is 0 Å². The van der Waals surface area contributed by atoms with Crippen molar-refractivity contribution < 1.29 is 4.74 Å². The highest BCUT2D eigenvalue weighted by Crippen LogP contribution is 2.13. The van der Waals surface area contributed by atoms with Gasteiger partial charge >= 0.3 is 0 Å². The van der Waals surface area contributed by atoms with Crippen LogP contribution in [0, 0.1) is 0 Å². The molecule has 1 aromatic heterocycles. The van der Waals surface area contributed by atoms with Gasteiger partial charge in [-0.05, 0) is 12.0 Å². The normalized spacial score (nSPS) is 21.9. The smallest absolute Gasteiger partial charge is 0.212 e. The van der Waals surface area contributed by atoms with Crippen molar-refractivity contribution in [3.8, 4) is 5.88 Å². The van der Waals surface area contributed by atoms with E-state index in [0.29, 0.717) is 11.9 Å². The first-order chi connectivity index (χ1) is 7.28. The van der Waals surface area contributed by atoms with E-state index in [2.05, 4.69) is 16.0 Å². The van der Waals surface area contributed by atoms with E-state index in [9.17, 15) is 0 Å². The minimum absolute atomic E-state index is 0.344. The molecule has 0 aliphatic carbocycles. The molecular formula is C11H17N3O. The maximum Gasteiger partial charge on any atom is 0.212 e. The van der Waals surface area contributed by atoms with E-state index in [0.717, 1.165) is 26.1 Å². The number of pyridine rings is 1. The lowest BCUT2D eigenvalue weighted by atomic mass is 10.2. The zero-order valence-corrected chi connectivity index (χ0v) is 9.02. The third kappa shape index (κ3) is 2.67.